The van der Waals surface area contributed by atoms with Crippen molar-refractivity contribution < 1.29 is 9.13 Å². The van der Waals surface area contributed by atoms with Crippen molar-refractivity contribution in [2.45, 2.75) is 25.8 Å². The minimum Gasteiger partial charge on any atom is -0.421 e. The zero-order valence-electron chi connectivity index (χ0n) is 17.5. The van der Waals surface area contributed by atoms with E-state index in [1.54, 1.807) is 12.1 Å². The predicted octanol–water partition coefficient (Wildman–Crippen LogP) is 2.76. The molecule has 0 amide bonds. The summed E-state index contributed by atoms with van der Waals surface area (Å²) in [5, 5.41) is 1.57. The molecule has 1 aromatic carbocycles. The number of nitrogen functional groups attached to an aromatic ring is 1. The Labute approximate surface area is 183 Å². The average molecular weight is 434 g/mol. The number of ether oxygens (including phenoxy) is 1. The molecule has 9 nitrogen and oxygen atoms in total. The number of aromatic nitrogens is 5. The number of rotatable bonds is 4. The van der Waals surface area contributed by atoms with E-state index in [-0.39, 0.29) is 23.8 Å². The molecule has 10 heteroatoms. The molecule has 4 aromatic rings. The van der Waals surface area contributed by atoms with Gasteiger partial charge in [0.1, 0.15) is 17.3 Å². The van der Waals surface area contributed by atoms with Crippen molar-refractivity contribution in [1.29, 1.82) is 0 Å². The maximum atomic E-state index is 14.4. The number of aromatic amines is 1. The van der Waals surface area contributed by atoms with Crippen LogP contribution >= 0.6 is 0 Å². The summed E-state index contributed by atoms with van der Waals surface area (Å²) in [6.07, 6.45) is 4.66. The van der Waals surface area contributed by atoms with Crippen molar-refractivity contribution in [2.75, 3.05) is 23.7 Å². The molecule has 1 aliphatic carbocycles. The number of nitrogens with zero attached hydrogens (tertiary/aromatic N) is 5. The lowest BCUT2D eigenvalue weighted by molar-refractivity contribution is 0.194. The smallest absolute Gasteiger partial charge is 0.326 e. The molecule has 6 rings (SSSR count). The van der Waals surface area contributed by atoms with Crippen LogP contribution in [-0.2, 0) is 6.42 Å². The molecule has 4 heterocycles. The largest absolute Gasteiger partial charge is 0.421 e. The molecule has 3 aromatic heterocycles. The van der Waals surface area contributed by atoms with Gasteiger partial charge >= 0.3 is 6.01 Å². The second kappa shape index (κ2) is 6.99. The van der Waals surface area contributed by atoms with E-state index in [0.717, 1.165) is 47.2 Å². The van der Waals surface area contributed by atoms with E-state index >= 15 is 0 Å². The van der Waals surface area contributed by atoms with E-state index in [0.29, 0.717) is 29.7 Å². The van der Waals surface area contributed by atoms with Crippen LogP contribution < -0.4 is 21.1 Å². The molecule has 0 bridgehead atoms. The number of hydrogen-bond donors (Lipinski definition) is 3. The molecular formula is C22H23FN8O. The minimum absolute atomic E-state index is 0.156. The molecule has 2 aliphatic rings. The Balaban J connectivity index is 1.53. The lowest BCUT2D eigenvalue weighted by Gasteiger charge is -2.36. The Morgan fingerprint density at radius 1 is 1.22 bits per heavy atom. The predicted molar refractivity (Wildman–Crippen MR) is 119 cm³/mol. The van der Waals surface area contributed by atoms with E-state index < -0.39 is 0 Å². The molecule has 32 heavy (non-hydrogen) atoms. The minimum atomic E-state index is -0.274. The molecule has 0 radical (unpaired) electrons. The normalized spacial score (nSPS) is 22.3. The van der Waals surface area contributed by atoms with Crippen LogP contribution in [0.15, 0.2) is 24.5 Å². The molecule has 1 saturated carbocycles. The number of nitrogens with one attached hydrogen (secondary N) is 1. The van der Waals surface area contributed by atoms with Gasteiger partial charge in [0.15, 0.2) is 5.75 Å². The Morgan fingerprint density at radius 3 is 2.75 bits per heavy atom. The molecule has 0 unspecified atom stereocenters. The Bertz CT molecular complexity index is 1340. The van der Waals surface area contributed by atoms with Gasteiger partial charge in [0.2, 0.25) is 5.95 Å². The third-order valence-corrected chi connectivity index (χ3v) is 6.72. The summed E-state index contributed by atoms with van der Waals surface area (Å²) in [5.41, 5.74) is 14.1. The average Bonchev–Trinajstić information content (AvgIpc) is 3.31. The van der Waals surface area contributed by atoms with Crippen molar-refractivity contribution in [2.24, 2.45) is 17.6 Å². The van der Waals surface area contributed by atoms with Crippen molar-refractivity contribution in [3.05, 3.63) is 35.9 Å². The Morgan fingerprint density at radius 2 is 2.03 bits per heavy atom. The highest BCUT2D eigenvalue weighted by molar-refractivity contribution is 6.12. The molecule has 1 saturated heterocycles. The van der Waals surface area contributed by atoms with E-state index in [2.05, 4.69) is 24.8 Å². The van der Waals surface area contributed by atoms with Crippen LogP contribution in [0.4, 0.5) is 16.2 Å². The van der Waals surface area contributed by atoms with E-state index in [9.17, 15) is 4.39 Å². The maximum absolute atomic E-state index is 14.4. The summed E-state index contributed by atoms with van der Waals surface area (Å²) in [6, 6.07) is 3.49. The van der Waals surface area contributed by atoms with Gasteiger partial charge in [-0.3, -0.25) is 0 Å². The van der Waals surface area contributed by atoms with Gasteiger partial charge in [-0.1, -0.05) is 6.92 Å². The maximum Gasteiger partial charge on any atom is 0.326 e. The number of hydrogen-bond acceptors (Lipinski definition) is 8. The van der Waals surface area contributed by atoms with Crippen LogP contribution in [0.2, 0.25) is 0 Å². The van der Waals surface area contributed by atoms with Crippen LogP contribution in [0.5, 0.6) is 11.8 Å². The van der Waals surface area contributed by atoms with Gasteiger partial charge in [-0.05, 0) is 42.4 Å². The van der Waals surface area contributed by atoms with Gasteiger partial charge in [0, 0.05) is 24.5 Å². The highest BCUT2D eigenvalue weighted by atomic mass is 19.1. The first-order chi connectivity index (χ1) is 15.5. The van der Waals surface area contributed by atoms with Gasteiger partial charge < -0.3 is 26.1 Å². The summed E-state index contributed by atoms with van der Waals surface area (Å²) in [4.78, 5) is 22.8. The fourth-order valence-electron chi connectivity index (χ4n) is 5.06. The van der Waals surface area contributed by atoms with Crippen LogP contribution in [0.1, 0.15) is 18.9 Å². The van der Waals surface area contributed by atoms with Crippen molar-refractivity contribution in [3.8, 4) is 11.8 Å². The number of anilines is 2. The Kier molecular flexibility index (Phi) is 4.19. The third-order valence-electron chi connectivity index (χ3n) is 6.72. The second-order valence-corrected chi connectivity index (χ2v) is 8.63. The fraction of sp³-hybridized carbons (Fsp3) is 0.364. The molecular weight excluding hydrogens is 411 g/mol. The number of benzene rings is 1. The topological polar surface area (TPSA) is 132 Å². The van der Waals surface area contributed by atoms with Gasteiger partial charge in [-0.15, -0.1) is 0 Å². The molecule has 2 fully saturated rings. The lowest BCUT2D eigenvalue weighted by atomic mass is 9.72. The number of fused-ring (bicyclic) bond motifs is 4. The van der Waals surface area contributed by atoms with Crippen molar-refractivity contribution >= 4 is 33.7 Å². The van der Waals surface area contributed by atoms with Gasteiger partial charge in [0.05, 0.1) is 23.3 Å². The van der Waals surface area contributed by atoms with Gasteiger partial charge in [-0.25, -0.2) is 14.4 Å². The van der Waals surface area contributed by atoms with Crippen LogP contribution in [-0.4, -0.2) is 44.1 Å². The van der Waals surface area contributed by atoms with Crippen LogP contribution in [0.25, 0.3) is 21.9 Å². The van der Waals surface area contributed by atoms with Gasteiger partial charge in [-0.2, -0.15) is 9.97 Å². The van der Waals surface area contributed by atoms with Crippen molar-refractivity contribution in [3.63, 3.8) is 0 Å². The zero-order chi connectivity index (χ0) is 22.0. The highest BCUT2D eigenvalue weighted by Crippen LogP contribution is 2.44. The number of aryl methyl sites for hydroxylation is 1. The van der Waals surface area contributed by atoms with Crippen molar-refractivity contribution in [1.82, 2.24) is 24.9 Å². The highest BCUT2D eigenvalue weighted by Gasteiger charge is 2.46. The number of nitrogens with two attached hydrogens (primary N) is 2. The molecule has 0 spiro atoms. The van der Waals surface area contributed by atoms with E-state index in [1.165, 1.54) is 12.4 Å². The SMILES string of the molecule is CCc1cc(F)cc2c1[nH]c1nc(Oc3cnc(N)nc3)nc(N3C[C@H]4C[C@@H](N)[C@H]4C3)c12. The first kappa shape index (κ1) is 19.2. The quantitative estimate of drug-likeness (QED) is 0.447. The fourth-order valence-corrected chi connectivity index (χ4v) is 5.06. The summed E-state index contributed by atoms with van der Waals surface area (Å²) in [5.74, 6) is 1.99. The molecule has 1 aliphatic heterocycles. The summed E-state index contributed by atoms with van der Waals surface area (Å²) in [6.45, 7) is 3.67. The first-order valence-electron chi connectivity index (χ1n) is 10.8. The Hall–Kier alpha value is -3.53. The summed E-state index contributed by atoms with van der Waals surface area (Å²) >= 11 is 0. The number of halogens is 1. The van der Waals surface area contributed by atoms with Crippen LogP contribution in [0, 0.1) is 17.7 Å². The molecule has 5 N–H and O–H groups in total. The first-order valence-corrected chi connectivity index (χ1v) is 10.8. The summed E-state index contributed by atoms with van der Waals surface area (Å²) in [7, 11) is 0. The molecule has 3 atom stereocenters. The summed E-state index contributed by atoms with van der Waals surface area (Å²) < 4.78 is 20.3. The number of H-pyrrole nitrogens is 1. The monoisotopic (exact) mass is 434 g/mol. The van der Waals surface area contributed by atoms with E-state index in [4.69, 9.17) is 21.2 Å². The van der Waals surface area contributed by atoms with E-state index in [1.807, 2.05) is 6.92 Å². The third kappa shape index (κ3) is 2.94. The zero-order valence-corrected chi connectivity index (χ0v) is 17.5. The lowest BCUT2D eigenvalue weighted by Crippen LogP contribution is -2.46. The second-order valence-electron chi connectivity index (χ2n) is 8.63. The standard InChI is InChI=1S/C22H23FN8O/c1-2-10-3-12(23)5-14-17-19(28-18(10)14)29-22(32-13-6-26-21(25)27-7-13)30-20(17)31-8-11-4-16(24)15(11)9-31/h3,5-7,11,15-16H,2,4,8-9,24H2,1H3,(H2,25,26,27)(H,28,29,30)/t11-,15+,16-/m1/s1. The van der Waals surface area contributed by atoms with Crippen LogP contribution in [0.3, 0.4) is 0 Å². The molecule has 164 valence electrons. The van der Waals surface area contributed by atoms with Gasteiger partial charge in [0.25, 0.3) is 0 Å².